The molecule has 0 aromatic rings. The van der Waals surface area contributed by atoms with Gasteiger partial charge in [-0.25, -0.2) is 0 Å². The van der Waals surface area contributed by atoms with Crippen molar-refractivity contribution in [3.05, 3.63) is 37.0 Å². The average Bonchev–Trinajstić information content (AvgIpc) is 2.26. The van der Waals surface area contributed by atoms with E-state index in [4.69, 9.17) is 4.74 Å². The van der Waals surface area contributed by atoms with Crippen molar-refractivity contribution in [3.63, 3.8) is 0 Å². The normalized spacial score (nSPS) is 29.8. The molecular formula is C15H24O. The molecule has 16 heavy (non-hydrogen) atoms. The maximum atomic E-state index is 6.08. The Labute approximate surface area is 99.9 Å². The minimum atomic E-state index is -0.196. The van der Waals surface area contributed by atoms with Crippen LogP contribution in [-0.4, -0.2) is 12.2 Å². The summed E-state index contributed by atoms with van der Waals surface area (Å²) in [4.78, 5) is 0. The first-order valence-electron chi connectivity index (χ1n) is 6.11. The van der Waals surface area contributed by atoms with E-state index >= 15 is 0 Å². The lowest BCUT2D eigenvalue weighted by atomic mass is 9.69. The Bertz CT molecular complexity index is 290. The summed E-state index contributed by atoms with van der Waals surface area (Å²) >= 11 is 0. The fourth-order valence-corrected chi connectivity index (χ4v) is 2.80. The number of ether oxygens (including phenoxy) is 1. The van der Waals surface area contributed by atoms with Crippen molar-refractivity contribution in [1.82, 2.24) is 0 Å². The van der Waals surface area contributed by atoms with Crippen LogP contribution in [0.2, 0.25) is 0 Å². The van der Waals surface area contributed by atoms with Gasteiger partial charge in [0.05, 0.1) is 12.2 Å². The monoisotopic (exact) mass is 220 g/mol. The number of rotatable bonds is 5. The maximum Gasteiger partial charge on any atom is 0.0955 e. The van der Waals surface area contributed by atoms with Gasteiger partial charge in [-0.05, 0) is 32.3 Å². The molecule has 0 aromatic heterocycles. The Hall–Kier alpha value is -0.820. The van der Waals surface area contributed by atoms with Crippen LogP contribution >= 0.6 is 0 Å². The molecule has 0 amide bonds. The van der Waals surface area contributed by atoms with Crippen LogP contribution in [-0.2, 0) is 4.74 Å². The van der Waals surface area contributed by atoms with Crippen LogP contribution in [0.3, 0.4) is 0 Å². The second kappa shape index (κ2) is 5.49. The van der Waals surface area contributed by atoms with E-state index in [1.165, 1.54) is 24.8 Å². The van der Waals surface area contributed by atoms with Crippen molar-refractivity contribution in [2.24, 2.45) is 5.92 Å². The van der Waals surface area contributed by atoms with E-state index < -0.39 is 0 Å². The molecule has 2 atom stereocenters. The van der Waals surface area contributed by atoms with Gasteiger partial charge in [0.1, 0.15) is 0 Å². The molecule has 0 heterocycles. The third-order valence-electron chi connectivity index (χ3n) is 3.63. The van der Waals surface area contributed by atoms with E-state index in [0.717, 1.165) is 12.0 Å². The van der Waals surface area contributed by atoms with Gasteiger partial charge in [0, 0.05) is 5.92 Å². The maximum absolute atomic E-state index is 6.08. The zero-order valence-corrected chi connectivity index (χ0v) is 10.7. The van der Waals surface area contributed by atoms with Crippen molar-refractivity contribution in [1.29, 1.82) is 0 Å². The highest BCUT2D eigenvalue weighted by atomic mass is 16.5. The van der Waals surface area contributed by atoms with E-state index in [9.17, 15) is 0 Å². The van der Waals surface area contributed by atoms with Crippen LogP contribution in [0, 0.1) is 5.92 Å². The topological polar surface area (TPSA) is 9.23 Å². The summed E-state index contributed by atoms with van der Waals surface area (Å²) in [6, 6.07) is 0. The zero-order chi connectivity index (χ0) is 12.2. The van der Waals surface area contributed by atoms with Gasteiger partial charge in [0.15, 0.2) is 0 Å². The fraction of sp³-hybridized carbons (Fsp3) is 0.600. The van der Waals surface area contributed by atoms with Gasteiger partial charge in [-0.15, -0.1) is 6.58 Å². The first-order valence-corrected chi connectivity index (χ1v) is 6.11. The molecule has 0 aromatic carbocycles. The fourth-order valence-electron chi connectivity index (χ4n) is 2.80. The highest BCUT2D eigenvalue weighted by Crippen LogP contribution is 2.44. The summed E-state index contributed by atoms with van der Waals surface area (Å²) in [5.41, 5.74) is 2.15. The predicted octanol–water partition coefficient (Wildman–Crippen LogP) is 4.27. The Morgan fingerprint density at radius 1 is 1.38 bits per heavy atom. The molecular weight excluding hydrogens is 196 g/mol. The molecule has 1 heteroatoms. The van der Waals surface area contributed by atoms with Crippen LogP contribution in [0.25, 0.3) is 0 Å². The SMILES string of the molecule is C=CCO[C@]1(C(=C)C)CCCC[C@@H]1C(=C)C. The lowest BCUT2D eigenvalue weighted by molar-refractivity contribution is -0.0578. The molecule has 0 radical (unpaired) electrons. The van der Waals surface area contributed by atoms with E-state index in [1.807, 2.05) is 6.08 Å². The van der Waals surface area contributed by atoms with Crippen molar-refractivity contribution in [2.45, 2.75) is 45.1 Å². The van der Waals surface area contributed by atoms with Gasteiger partial charge in [-0.3, -0.25) is 0 Å². The molecule has 0 bridgehead atoms. The second-order valence-corrected chi connectivity index (χ2v) is 4.91. The minimum absolute atomic E-state index is 0.196. The number of hydrogen-bond donors (Lipinski definition) is 0. The Morgan fingerprint density at radius 2 is 2.06 bits per heavy atom. The van der Waals surface area contributed by atoms with E-state index in [2.05, 4.69) is 33.6 Å². The molecule has 0 N–H and O–H groups in total. The molecule has 1 saturated carbocycles. The third-order valence-corrected chi connectivity index (χ3v) is 3.63. The molecule has 90 valence electrons. The standard InChI is InChI=1S/C15H24O/c1-6-11-16-15(13(4)5)10-8-7-9-14(15)12(2)3/h6,14H,1-2,4,7-11H2,3,5H3/t14-,15+/m1/s1. The van der Waals surface area contributed by atoms with E-state index in [0.29, 0.717) is 12.5 Å². The quantitative estimate of drug-likeness (QED) is 0.629. The van der Waals surface area contributed by atoms with Crippen molar-refractivity contribution < 1.29 is 4.74 Å². The summed E-state index contributed by atoms with van der Waals surface area (Å²) in [7, 11) is 0. The van der Waals surface area contributed by atoms with Crippen LogP contribution in [0.5, 0.6) is 0 Å². The smallest absolute Gasteiger partial charge is 0.0955 e. The van der Waals surface area contributed by atoms with Gasteiger partial charge in [-0.2, -0.15) is 0 Å². The van der Waals surface area contributed by atoms with Crippen LogP contribution in [0.15, 0.2) is 37.0 Å². The van der Waals surface area contributed by atoms with Gasteiger partial charge in [0.25, 0.3) is 0 Å². The first kappa shape index (κ1) is 13.2. The summed E-state index contributed by atoms with van der Waals surface area (Å²) in [6.45, 7) is 16.8. The molecule has 1 nitrogen and oxygen atoms in total. The zero-order valence-electron chi connectivity index (χ0n) is 10.7. The number of hydrogen-bond acceptors (Lipinski definition) is 1. The molecule has 0 spiro atoms. The average molecular weight is 220 g/mol. The van der Waals surface area contributed by atoms with Crippen molar-refractivity contribution >= 4 is 0 Å². The molecule has 1 aliphatic carbocycles. The van der Waals surface area contributed by atoms with Crippen LogP contribution in [0.4, 0.5) is 0 Å². The third kappa shape index (κ3) is 2.46. The molecule has 0 saturated heterocycles. The second-order valence-electron chi connectivity index (χ2n) is 4.91. The Morgan fingerprint density at radius 3 is 2.56 bits per heavy atom. The Kier molecular flexibility index (Phi) is 4.55. The summed E-state index contributed by atoms with van der Waals surface area (Å²) in [6.07, 6.45) is 6.53. The molecule has 1 rings (SSSR count). The Balaban J connectivity index is 2.97. The van der Waals surface area contributed by atoms with Gasteiger partial charge >= 0.3 is 0 Å². The molecule has 0 unspecified atom stereocenters. The van der Waals surface area contributed by atoms with Gasteiger partial charge in [0.2, 0.25) is 0 Å². The van der Waals surface area contributed by atoms with Crippen LogP contribution in [0.1, 0.15) is 39.5 Å². The lowest BCUT2D eigenvalue weighted by Gasteiger charge is -2.45. The van der Waals surface area contributed by atoms with Gasteiger partial charge < -0.3 is 4.74 Å². The lowest BCUT2D eigenvalue weighted by Crippen LogP contribution is -2.44. The van der Waals surface area contributed by atoms with E-state index in [1.54, 1.807) is 0 Å². The minimum Gasteiger partial charge on any atom is -0.366 e. The van der Waals surface area contributed by atoms with Crippen LogP contribution < -0.4 is 0 Å². The summed E-state index contributed by atoms with van der Waals surface area (Å²) < 4.78 is 6.08. The summed E-state index contributed by atoms with van der Waals surface area (Å²) in [5.74, 6) is 0.415. The highest BCUT2D eigenvalue weighted by Gasteiger charge is 2.42. The molecule has 1 aliphatic rings. The van der Waals surface area contributed by atoms with Crippen molar-refractivity contribution in [2.75, 3.05) is 6.61 Å². The predicted molar refractivity (Wildman–Crippen MR) is 70.5 cm³/mol. The van der Waals surface area contributed by atoms with Crippen molar-refractivity contribution in [3.8, 4) is 0 Å². The largest absolute Gasteiger partial charge is 0.366 e. The highest BCUT2D eigenvalue weighted by molar-refractivity contribution is 5.21. The first-order chi connectivity index (χ1) is 7.54. The van der Waals surface area contributed by atoms with Gasteiger partial charge in [-0.1, -0.05) is 37.6 Å². The molecule has 0 aliphatic heterocycles. The van der Waals surface area contributed by atoms with E-state index in [-0.39, 0.29) is 5.60 Å². The molecule has 1 fully saturated rings. The summed E-state index contributed by atoms with van der Waals surface area (Å²) in [5, 5.41) is 0.